The minimum Gasteiger partial charge on any atom is -0.450 e. The summed E-state index contributed by atoms with van der Waals surface area (Å²) in [7, 11) is 0. The van der Waals surface area contributed by atoms with Crippen LogP contribution in [0.1, 0.15) is 24.2 Å². The van der Waals surface area contributed by atoms with Crippen LogP contribution >= 0.6 is 0 Å². The third-order valence-corrected chi connectivity index (χ3v) is 4.43. The molecule has 24 heavy (non-hydrogen) atoms. The van der Waals surface area contributed by atoms with Gasteiger partial charge in [0.15, 0.2) is 6.17 Å². The molecule has 1 fully saturated rings. The van der Waals surface area contributed by atoms with Crippen molar-refractivity contribution in [1.29, 1.82) is 0 Å². The summed E-state index contributed by atoms with van der Waals surface area (Å²) in [6, 6.07) is 7.17. The summed E-state index contributed by atoms with van der Waals surface area (Å²) in [5.74, 6) is -0.225. The van der Waals surface area contributed by atoms with Gasteiger partial charge in [0.25, 0.3) is 0 Å². The van der Waals surface area contributed by atoms with Crippen molar-refractivity contribution in [2.24, 2.45) is 0 Å². The van der Waals surface area contributed by atoms with Crippen LogP contribution in [0.25, 0.3) is 0 Å². The summed E-state index contributed by atoms with van der Waals surface area (Å²) in [5, 5.41) is 0. The van der Waals surface area contributed by atoms with Crippen LogP contribution in [0, 0.1) is 0 Å². The topological polar surface area (TPSA) is 70.2 Å². The Morgan fingerprint density at radius 2 is 1.83 bits per heavy atom. The highest BCUT2D eigenvalue weighted by atomic mass is 16.6. The quantitative estimate of drug-likeness (QED) is 0.818. The van der Waals surface area contributed by atoms with Crippen LogP contribution in [-0.2, 0) is 9.53 Å². The fraction of sp³-hybridized carbons (Fsp3) is 0.471. The van der Waals surface area contributed by atoms with E-state index < -0.39 is 6.17 Å². The van der Waals surface area contributed by atoms with E-state index in [-0.39, 0.29) is 17.8 Å². The monoisotopic (exact) mass is 331 g/mol. The Balaban J connectivity index is 1.77. The summed E-state index contributed by atoms with van der Waals surface area (Å²) >= 11 is 0. The van der Waals surface area contributed by atoms with Gasteiger partial charge in [0.2, 0.25) is 11.7 Å². The molecule has 128 valence electrons. The van der Waals surface area contributed by atoms with Crippen molar-refractivity contribution >= 4 is 23.5 Å². The minimum atomic E-state index is -0.621. The van der Waals surface area contributed by atoms with Crippen LogP contribution in [0.3, 0.4) is 0 Å². The number of benzene rings is 1. The van der Waals surface area contributed by atoms with Gasteiger partial charge in [-0.2, -0.15) is 0 Å². The van der Waals surface area contributed by atoms with Gasteiger partial charge >= 0.3 is 6.09 Å². The Bertz CT molecular complexity index is 668. The number of para-hydroxylation sites is 1. The number of Topliss-reactive ketones (excluding diaryl/α,β-unsaturated/α-hetero) is 1. The van der Waals surface area contributed by atoms with Crippen molar-refractivity contribution in [1.82, 2.24) is 9.80 Å². The molecule has 1 aromatic rings. The average molecular weight is 331 g/mol. The zero-order chi connectivity index (χ0) is 17.3. The van der Waals surface area contributed by atoms with Crippen LogP contribution in [0.15, 0.2) is 24.3 Å². The molecule has 0 spiro atoms. The number of hydrogen-bond acceptors (Lipinski definition) is 5. The molecule has 0 aromatic heterocycles. The van der Waals surface area contributed by atoms with Crippen LogP contribution in [0.2, 0.25) is 0 Å². The molecular formula is C17H21N3O4. The van der Waals surface area contributed by atoms with Gasteiger partial charge in [-0.1, -0.05) is 12.1 Å². The van der Waals surface area contributed by atoms with Crippen molar-refractivity contribution in [3.63, 3.8) is 0 Å². The molecular weight excluding hydrogens is 310 g/mol. The molecule has 7 heteroatoms. The number of nitrogens with zero attached hydrogens (tertiary/aromatic N) is 3. The molecule has 2 aliphatic heterocycles. The van der Waals surface area contributed by atoms with E-state index in [0.717, 1.165) is 0 Å². The lowest BCUT2D eigenvalue weighted by atomic mass is 10.1. The maximum Gasteiger partial charge on any atom is 0.409 e. The summed E-state index contributed by atoms with van der Waals surface area (Å²) in [4.78, 5) is 41.9. The van der Waals surface area contributed by atoms with Gasteiger partial charge in [0, 0.05) is 38.7 Å². The van der Waals surface area contributed by atoms with Crippen LogP contribution in [0.4, 0.5) is 10.5 Å². The largest absolute Gasteiger partial charge is 0.450 e. The lowest BCUT2D eigenvalue weighted by Gasteiger charge is -2.39. The van der Waals surface area contributed by atoms with E-state index >= 15 is 0 Å². The number of carbonyl (C=O) groups is 3. The Kier molecular flexibility index (Phi) is 4.53. The minimum absolute atomic E-state index is 0.0645. The van der Waals surface area contributed by atoms with Gasteiger partial charge in [-0.15, -0.1) is 0 Å². The van der Waals surface area contributed by atoms with Crippen molar-refractivity contribution in [2.45, 2.75) is 20.0 Å². The zero-order valence-electron chi connectivity index (χ0n) is 13.9. The fourth-order valence-corrected chi connectivity index (χ4v) is 3.31. The van der Waals surface area contributed by atoms with E-state index in [2.05, 4.69) is 0 Å². The molecule has 0 aliphatic carbocycles. The highest BCUT2D eigenvalue weighted by Gasteiger charge is 2.43. The van der Waals surface area contributed by atoms with Gasteiger partial charge < -0.3 is 9.64 Å². The lowest BCUT2D eigenvalue weighted by Crippen LogP contribution is -2.58. The van der Waals surface area contributed by atoms with Gasteiger partial charge in [-0.3, -0.25) is 19.4 Å². The first-order valence-corrected chi connectivity index (χ1v) is 8.13. The Morgan fingerprint density at radius 3 is 2.46 bits per heavy atom. The number of hydrogen-bond donors (Lipinski definition) is 0. The number of fused-ring (bicyclic) bond motifs is 1. The van der Waals surface area contributed by atoms with Crippen LogP contribution in [0.5, 0.6) is 0 Å². The average Bonchev–Trinajstić information content (AvgIpc) is 2.89. The first-order valence-electron chi connectivity index (χ1n) is 8.13. The molecule has 2 aliphatic rings. The maximum absolute atomic E-state index is 12.8. The molecule has 2 heterocycles. The fourth-order valence-electron chi connectivity index (χ4n) is 3.31. The number of carbonyl (C=O) groups excluding carboxylic acids is 3. The van der Waals surface area contributed by atoms with Crippen molar-refractivity contribution < 1.29 is 19.1 Å². The standard InChI is InChI=1S/C17H21N3O4/c1-3-24-17(23)19-10-8-18(9-11-19)16-15(22)13-6-4-5-7-14(13)20(16)12(2)21/h4-7,16H,3,8-11H2,1-2H3. The van der Waals surface area contributed by atoms with Crippen LogP contribution < -0.4 is 4.90 Å². The molecule has 0 radical (unpaired) electrons. The lowest BCUT2D eigenvalue weighted by molar-refractivity contribution is -0.117. The van der Waals surface area contributed by atoms with Gasteiger partial charge in [-0.05, 0) is 19.1 Å². The van der Waals surface area contributed by atoms with Crippen molar-refractivity contribution in [3.05, 3.63) is 29.8 Å². The summed E-state index contributed by atoms with van der Waals surface area (Å²) in [6.07, 6.45) is -0.953. The normalized spacial score (nSPS) is 20.9. The zero-order valence-corrected chi connectivity index (χ0v) is 13.9. The van der Waals surface area contributed by atoms with E-state index in [9.17, 15) is 14.4 Å². The number of ketones is 1. The third-order valence-electron chi connectivity index (χ3n) is 4.43. The highest BCUT2D eigenvalue weighted by molar-refractivity contribution is 6.17. The molecule has 7 nitrogen and oxygen atoms in total. The third kappa shape index (κ3) is 2.75. The Morgan fingerprint density at radius 1 is 1.17 bits per heavy atom. The molecule has 2 amide bonds. The Labute approximate surface area is 140 Å². The molecule has 1 aromatic carbocycles. The molecule has 1 unspecified atom stereocenters. The molecule has 0 N–H and O–H groups in total. The maximum atomic E-state index is 12.8. The van der Waals surface area contributed by atoms with Gasteiger partial charge in [0.1, 0.15) is 0 Å². The van der Waals surface area contributed by atoms with Crippen LogP contribution in [-0.4, -0.2) is 66.5 Å². The smallest absolute Gasteiger partial charge is 0.409 e. The predicted octanol–water partition coefficient (Wildman–Crippen LogP) is 1.34. The molecule has 3 rings (SSSR count). The summed E-state index contributed by atoms with van der Waals surface area (Å²) in [6.45, 7) is 5.58. The second-order valence-corrected chi connectivity index (χ2v) is 5.87. The number of anilines is 1. The van der Waals surface area contributed by atoms with E-state index in [0.29, 0.717) is 44.0 Å². The van der Waals surface area contributed by atoms with E-state index in [1.54, 1.807) is 34.9 Å². The van der Waals surface area contributed by atoms with E-state index in [1.165, 1.54) is 6.92 Å². The first kappa shape index (κ1) is 16.4. The second kappa shape index (κ2) is 6.60. The van der Waals surface area contributed by atoms with Crippen molar-refractivity contribution in [2.75, 3.05) is 37.7 Å². The number of amides is 2. The van der Waals surface area contributed by atoms with Gasteiger partial charge in [0.05, 0.1) is 12.3 Å². The number of piperazine rings is 1. The molecule has 0 bridgehead atoms. The summed E-state index contributed by atoms with van der Waals surface area (Å²) < 4.78 is 5.01. The SMILES string of the molecule is CCOC(=O)N1CCN(C2C(=O)c3ccccc3N2C(C)=O)CC1. The Hall–Kier alpha value is -2.41. The van der Waals surface area contributed by atoms with E-state index in [4.69, 9.17) is 4.74 Å². The predicted molar refractivity (Wildman–Crippen MR) is 87.9 cm³/mol. The number of ether oxygens (including phenoxy) is 1. The second-order valence-electron chi connectivity index (χ2n) is 5.87. The highest BCUT2D eigenvalue weighted by Crippen LogP contribution is 2.33. The molecule has 0 saturated carbocycles. The van der Waals surface area contributed by atoms with E-state index in [1.807, 2.05) is 11.0 Å². The number of rotatable bonds is 2. The van der Waals surface area contributed by atoms with Gasteiger partial charge in [-0.25, -0.2) is 4.79 Å². The van der Waals surface area contributed by atoms with Crippen molar-refractivity contribution in [3.8, 4) is 0 Å². The molecule has 1 saturated heterocycles. The molecule has 1 atom stereocenters. The first-order chi connectivity index (χ1) is 11.5. The summed E-state index contributed by atoms with van der Waals surface area (Å²) in [5.41, 5.74) is 1.23.